The van der Waals surface area contributed by atoms with Gasteiger partial charge in [-0.1, -0.05) is 0 Å². The smallest absolute Gasteiger partial charge is 0.213 e. The van der Waals surface area contributed by atoms with Crippen molar-refractivity contribution in [3.63, 3.8) is 0 Å². The Kier molecular flexibility index (Phi) is 3.26. The lowest BCUT2D eigenvalue weighted by Gasteiger charge is -2.19. The molecule has 1 aromatic carbocycles. The van der Waals surface area contributed by atoms with E-state index in [1.807, 2.05) is 25.1 Å². The first kappa shape index (κ1) is 12.8. The molecule has 0 radical (unpaired) electrons. The molecule has 1 aliphatic heterocycles. The number of anilines is 2. The molecule has 3 rings (SSSR count). The summed E-state index contributed by atoms with van der Waals surface area (Å²) >= 11 is 0. The van der Waals surface area contributed by atoms with E-state index in [1.165, 1.54) is 12.8 Å². The molecule has 1 aromatic heterocycles. The van der Waals surface area contributed by atoms with Crippen LogP contribution in [-0.4, -0.2) is 36.5 Å². The Morgan fingerprint density at radius 2 is 2.00 bits per heavy atom. The summed E-state index contributed by atoms with van der Waals surface area (Å²) in [7, 11) is 1.74. The fraction of sp³-hybridized carbons (Fsp3) is 0.400. The summed E-state index contributed by atoms with van der Waals surface area (Å²) < 4.78 is 0. The van der Waals surface area contributed by atoms with E-state index in [-0.39, 0.29) is 0 Å². The maximum absolute atomic E-state index is 10.9. The standard InChI is InChI=1S/C15H18N4O/c1-11-16-14-9-12(18(2)10-20)5-6-13(14)15(17-11)19-7-3-4-8-19/h5-6,9-10H,3-4,7-8H2,1-2H3. The van der Waals surface area contributed by atoms with Gasteiger partial charge in [-0.05, 0) is 38.0 Å². The molecule has 0 bridgehead atoms. The van der Waals surface area contributed by atoms with E-state index in [0.29, 0.717) is 0 Å². The van der Waals surface area contributed by atoms with Crippen LogP contribution in [0.4, 0.5) is 11.5 Å². The first-order valence-electron chi connectivity index (χ1n) is 6.90. The third-order valence-electron chi connectivity index (χ3n) is 3.74. The summed E-state index contributed by atoms with van der Waals surface area (Å²) in [5.74, 6) is 1.79. The van der Waals surface area contributed by atoms with Crippen molar-refractivity contribution in [2.75, 3.05) is 29.9 Å². The average Bonchev–Trinajstić information content (AvgIpc) is 2.98. The molecule has 0 spiro atoms. The lowest BCUT2D eigenvalue weighted by Crippen LogP contribution is -2.20. The number of nitrogens with zero attached hydrogens (tertiary/aromatic N) is 4. The predicted molar refractivity (Wildman–Crippen MR) is 80.2 cm³/mol. The van der Waals surface area contributed by atoms with Gasteiger partial charge in [0, 0.05) is 31.2 Å². The second-order valence-corrected chi connectivity index (χ2v) is 5.21. The number of carbonyl (C=O) groups is 1. The summed E-state index contributed by atoms with van der Waals surface area (Å²) in [5.41, 5.74) is 1.74. The number of carbonyl (C=O) groups excluding carboxylic acids is 1. The van der Waals surface area contributed by atoms with Crippen molar-refractivity contribution >= 4 is 28.8 Å². The van der Waals surface area contributed by atoms with Gasteiger partial charge in [0.25, 0.3) is 0 Å². The summed E-state index contributed by atoms with van der Waals surface area (Å²) in [4.78, 5) is 23.9. The fourth-order valence-corrected chi connectivity index (χ4v) is 2.66. The van der Waals surface area contributed by atoms with Crippen molar-refractivity contribution in [3.8, 4) is 0 Å². The van der Waals surface area contributed by atoms with Gasteiger partial charge in [0.1, 0.15) is 11.6 Å². The molecule has 2 heterocycles. The van der Waals surface area contributed by atoms with Crippen molar-refractivity contribution in [2.45, 2.75) is 19.8 Å². The van der Waals surface area contributed by atoms with Gasteiger partial charge in [-0.25, -0.2) is 9.97 Å². The molecule has 0 saturated carbocycles. The molecule has 0 unspecified atom stereocenters. The average molecular weight is 270 g/mol. The highest BCUT2D eigenvalue weighted by Crippen LogP contribution is 2.29. The minimum absolute atomic E-state index is 0.769. The molecule has 0 N–H and O–H groups in total. The summed E-state index contributed by atoms with van der Waals surface area (Å²) in [6.07, 6.45) is 3.24. The Morgan fingerprint density at radius 1 is 1.25 bits per heavy atom. The lowest BCUT2D eigenvalue weighted by molar-refractivity contribution is -0.107. The molecular weight excluding hydrogens is 252 g/mol. The first-order valence-corrected chi connectivity index (χ1v) is 6.90. The largest absolute Gasteiger partial charge is 0.356 e. The Morgan fingerprint density at radius 3 is 2.70 bits per heavy atom. The number of rotatable bonds is 3. The van der Waals surface area contributed by atoms with Crippen LogP contribution in [0.3, 0.4) is 0 Å². The molecule has 0 aliphatic carbocycles. The second-order valence-electron chi connectivity index (χ2n) is 5.21. The zero-order chi connectivity index (χ0) is 14.1. The molecule has 2 aromatic rings. The van der Waals surface area contributed by atoms with Crippen LogP contribution in [-0.2, 0) is 4.79 Å². The van der Waals surface area contributed by atoms with E-state index in [4.69, 9.17) is 0 Å². The van der Waals surface area contributed by atoms with E-state index in [0.717, 1.165) is 47.7 Å². The zero-order valence-corrected chi connectivity index (χ0v) is 11.8. The third-order valence-corrected chi connectivity index (χ3v) is 3.74. The van der Waals surface area contributed by atoms with E-state index in [2.05, 4.69) is 14.9 Å². The van der Waals surface area contributed by atoms with Gasteiger partial charge in [-0.3, -0.25) is 4.79 Å². The lowest BCUT2D eigenvalue weighted by atomic mass is 10.2. The van der Waals surface area contributed by atoms with E-state index >= 15 is 0 Å². The quantitative estimate of drug-likeness (QED) is 0.802. The summed E-state index contributed by atoms with van der Waals surface area (Å²) in [6, 6.07) is 5.89. The predicted octanol–water partition coefficient (Wildman–Crippen LogP) is 2.13. The van der Waals surface area contributed by atoms with Crippen molar-refractivity contribution in [1.29, 1.82) is 0 Å². The van der Waals surface area contributed by atoms with Gasteiger partial charge in [0.15, 0.2) is 0 Å². The highest BCUT2D eigenvalue weighted by atomic mass is 16.1. The second kappa shape index (κ2) is 5.07. The molecule has 0 atom stereocenters. The minimum Gasteiger partial charge on any atom is -0.356 e. The van der Waals surface area contributed by atoms with Gasteiger partial charge in [-0.2, -0.15) is 0 Å². The van der Waals surface area contributed by atoms with Gasteiger partial charge < -0.3 is 9.80 Å². The monoisotopic (exact) mass is 270 g/mol. The van der Waals surface area contributed by atoms with Gasteiger partial charge in [0.2, 0.25) is 6.41 Å². The van der Waals surface area contributed by atoms with Gasteiger partial charge >= 0.3 is 0 Å². The maximum atomic E-state index is 10.9. The number of hydrogen-bond acceptors (Lipinski definition) is 4. The molecule has 5 heteroatoms. The van der Waals surface area contributed by atoms with Gasteiger partial charge in [-0.15, -0.1) is 0 Å². The van der Waals surface area contributed by atoms with E-state index in [1.54, 1.807) is 11.9 Å². The van der Waals surface area contributed by atoms with Crippen LogP contribution in [0.15, 0.2) is 18.2 Å². The van der Waals surface area contributed by atoms with Crippen LogP contribution in [0, 0.1) is 6.92 Å². The molecule has 104 valence electrons. The van der Waals surface area contributed by atoms with E-state index in [9.17, 15) is 4.79 Å². The molecular formula is C15H18N4O. The van der Waals surface area contributed by atoms with Crippen LogP contribution < -0.4 is 9.80 Å². The number of hydrogen-bond donors (Lipinski definition) is 0. The molecule has 1 aliphatic rings. The zero-order valence-electron chi connectivity index (χ0n) is 11.8. The number of fused-ring (bicyclic) bond motifs is 1. The van der Waals surface area contributed by atoms with Crippen LogP contribution in [0.5, 0.6) is 0 Å². The Balaban J connectivity index is 2.14. The first-order chi connectivity index (χ1) is 9.69. The van der Waals surface area contributed by atoms with Crippen LogP contribution >= 0.6 is 0 Å². The molecule has 20 heavy (non-hydrogen) atoms. The molecule has 5 nitrogen and oxygen atoms in total. The van der Waals surface area contributed by atoms with E-state index < -0.39 is 0 Å². The normalized spacial score (nSPS) is 14.8. The third kappa shape index (κ3) is 2.19. The van der Waals surface area contributed by atoms with Gasteiger partial charge in [0.05, 0.1) is 5.52 Å². The number of aryl methyl sites for hydroxylation is 1. The van der Waals surface area contributed by atoms with Crippen molar-refractivity contribution in [2.24, 2.45) is 0 Å². The minimum atomic E-state index is 0.769. The van der Waals surface area contributed by atoms with Crippen LogP contribution in [0.1, 0.15) is 18.7 Å². The number of benzene rings is 1. The molecule has 1 fully saturated rings. The van der Waals surface area contributed by atoms with Crippen molar-refractivity contribution < 1.29 is 4.79 Å². The Hall–Kier alpha value is -2.17. The molecule has 1 amide bonds. The Bertz CT molecular complexity index is 650. The highest BCUT2D eigenvalue weighted by Gasteiger charge is 2.17. The van der Waals surface area contributed by atoms with Crippen molar-refractivity contribution in [1.82, 2.24) is 9.97 Å². The number of amides is 1. The maximum Gasteiger partial charge on any atom is 0.213 e. The van der Waals surface area contributed by atoms with Crippen molar-refractivity contribution in [3.05, 3.63) is 24.0 Å². The highest BCUT2D eigenvalue weighted by molar-refractivity contribution is 5.93. The molecule has 1 saturated heterocycles. The van der Waals surface area contributed by atoms with Crippen LogP contribution in [0.25, 0.3) is 10.9 Å². The summed E-state index contributed by atoms with van der Waals surface area (Å²) in [6.45, 7) is 4.03. The topological polar surface area (TPSA) is 49.3 Å². The SMILES string of the molecule is Cc1nc(N2CCCC2)c2ccc(N(C)C=O)cc2n1. The van der Waals surface area contributed by atoms with Crippen LogP contribution in [0.2, 0.25) is 0 Å². The Labute approximate surface area is 118 Å². The number of aromatic nitrogens is 2. The fourth-order valence-electron chi connectivity index (χ4n) is 2.66. The summed E-state index contributed by atoms with van der Waals surface area (Å²) in [5, 5.41) is 1.06.